The Morgan fingerprint density at radius 2 is 1.86 bits per heavy atom. The summed E-state index contributed by atoms with van der Waals surface area (Å²) < 4.78 is 10.3. The molecule has 0 heterocycles. The molecule has 0 unspecified atom stereocenters. The van der Waals surface area contributed by atoms with Crippen molar-refractivity contribution in [3.05, 3.63) is 0 Å². The lowest BCUT2D eigenvalue weighted by atomic mass is 10.3. The Bertz CT molecular complexity index is 121. The minimum absolute atomic E-state index is 0.532. The lowest BCUT2D eigenvalue weighted by Gasteiger charge is -2.25. The summed E-state index contributed by atoms with van der Waals surface area (Å²) in [5, 5.41) is 0. The number of nitrogens with zero attached hydrogens (tertiary/aromatic N) is 1. The van der Waals surface area contributed by atoms with Crippen molar-refractivity contribution in [1.29, 1.82) is 0 Å². The SMILES string of the molecule is COCCOCCN(CCN)C(C)C. The molecule has 0 aromatic rings. The van der Waals surface area contributed by atoms with Crippen molar-refractivity contribution >= 4 is 0 Å². The van der Waals surface area contributed by atoms with Crippen molar-refractivity contribution in [2.45, 2.75) is 19.9 Å². The van der Waals surface area contributed by atoms with Gasteiger partial charge in [-0.05, 0) is 13.8 Å². The zero-order chi connectivity index (χ0) is 10.8. The first-order chi connectivity index (χ1) is 6.72. The summed E-state index contributed by atoms with van der Waals surface area (Å²) in [4.78, 5) is 2.31. The fourth-order valence-corrected chi connectivity index (χ4v) is 1.22. The predicted molar refractivity (Wildman–Crippen MR) is 58.5 cm³/mol. The van der Waals surface area contributed by atoms with Gasteiger partial charge in [-0.2, -0.15) is 0 Å². The molecule has 0 aromatic heterocycles. The highest BCUT2D eigenvalue weighted by Crippen LogP contribution is 1.96. The molecule has 0 fully saturated rings. The summed E-state index contributed by atoms with van der Waals surface area (Å²) in [5.74, 6) is 0. The van der Waals surface area contributed by atoms with Gasteiger partial charge < -0.3 is 15.2 Å². The maximum atomic E-state index is 5.52. The molecule has 14 heavy (non-hydrogen) atoms. The van der Waals surface area contributed by atoms with Crippen molar-refractivity contribution in [3.8, 4) is 0 Å². The van der Waals surface area contributed by atoms with E-state index in [1.165, 1.54) is 0 Å². The van der Waals surface area contributed by atoms with Crippen molar-refractivity contribution in [3.63, 3.8) is 0 Å². The Labute approximate surface area is 87.4 Å². The van der Waals surface area contributed by atoms with Gasteiger partial charge in [0, 0.05) is 32.8 Å². The van der Waals surface area contributed by atoms with Crippen molar-refractivity contribution < 1.29 is 9.47 Å². The summed E-state index contributed by atoms with van der Waals surface area (Å²) in [6.07, 6.45) is 0. The minimum atomic E-state index is 0.532. The van der Waals surface area contributed by atoms with Crippen LogP contribution >= 0.6 is 0 Å². The van der Waals surface area contributed by atoms with Gasteiger partial charge in [-0.25, -0.2) is 0 Å². The van der Waals surface area contributed by atoms with E-state index in [0.717, 1.165) is 19.7 Å². The third-order valence-electron chi connectivity index (χ3n) is 2.10. The van der Waals surface area contributed by atoms with Gasteiger partial charge in [0.2, 0.25) is 0 Å². The highest BCUT2D eigenvalue weighted by Gasteiger charge is 2.07. The molecule has 0 saturated heterocycles. The van der Waals surface area contributed by atoms with Crippen LogP contribution in [0.25, 0.3) is 0 Å². The fourth-order valence-electron chi connectivity index (χ4n) is 1.22. The monoisotopic (exact) mass is 204 g/mol. The summed E-state index contributed by atoms with van der Waals surface area (Å²) >= 11 is 0. The lowest BCUT2D eigenvalue weighted by molar-refractivity contribution is 0.0528. The molecule has 0 bridgehead atoms. The first kappa shape index (κ1) is 13.8. The molecule has 2 N–H and O–H groups in total. The Balaban J connectivity index is 3.41. The average molecular weight is 204 g/mol. The van der Waals surface area contributed by atoms with Gasteiger partial charge in [-0.1, -0.05) is 0 Å². The molecule has 0 aliphatic heterocycles. The average Bonchev–Trinajstić information content (AvgIpc) is 2.15. The number of nitrogens with two attached hydrogens (primary N) is 1. The molecule has 0 spiro atoms. The van der Waals surface area contributed by atoms with Gasteiger partial charge in [0.1, 0.15) is 0 Å². The molecule has 86 valence electrons. The molecule has 4 nitrogen and oxygen atoms in total. The number of rotatable bonds is 9. The van der Waals surface area contributed by atoms with Crippen LogP contribution in [-0.4, -0.2) is 57.5 Å². The molecular formula is C10H24N2O2. The molecule has 0 rings (SSSR count). The van der Waals surface area contributed by atoms with Crippen LogP contribution in [-0.2, 0) is 9.47 Å². The van der Waals surface area contributed by atoms with Crippen LogP contribution in [0.5, 0.6) is 0 Å². The smallest absolute Gasteiger partial charge is 0.0700 e. The second-order valence-corrected chi connectivity index (χ2v) is 3.52. The molecular weight excluding hydrogens is 180 g/mol. The first-order valence-electron chi connectivity index (χ1n) is 5.23. The van der Waals surface area contributed by atoms with Gasteiger partial charge in [-0.3, -0.25) is 4.90 Å². The van der Waals surface area contributed by atoms with E-state index in [4.69, 9.17) is 15.2 Å². The predicted octanol–water partition coefficient (Wildman–Crippen LogP) is 0.319. The van der Waals surface area contributed by atoms with E-state index in [1.54, 1.807) is 7.11 Å². The van der Waals surface area contributed by atoms with Crippen molar-refractivity contribution in [2.24, 2.45) is 5.73 Å². The van der Waals surface area contributed by atoms with Crippen LogP contribution in [0.1, 0.15) is 13.8 Å². The highest BCUT2D eigenvalue weighted by molar-refractivity contribution is 4.62. The fraction of sp³-hybridized carbons (Fsp3) is 1.00. The summed E-state index contributed by atoms with van der Waals surface area (Å²) in [5.41, 5.74) is 5.52. The molecule has 0 atom stereocenters. The zero-order valence-electron chi connectivity index (χ0n) is 9.66. The molecule has 4 heteroatoms. The van der Waals surface area contributed by atoms with Crippen molar-refractivity contribution in [1.82, 2.24) is 4.90 Å². The molecule has 0 aromatic carbocycles. The van der Waals surface area contributed by atoms with Gasteiger partial charge in [0.25, 0.3) is 0 Å². The second-order valence-electron chi connectivity index (χ2n) is 3.52. The summed E-state index contributed by atoms with van der Waals surface area (Å²) in [6, 6.07) is 0.532. The molecule has 0 aliphatic rings. The molecule has 0 saturated carbocycles. The topological polar surface area (TPSA) is 47.7 Å². The van der Waals surface area contributed by atoms with Crippen LogP contribution in [0.4, 0.5) is 0 Å². The summed E-state index contributed by atoms with van der Waals surface area (Å²) in [7, 11) is 1.68. The van der Waals surface area contributed by atoms with Crippen LogP contribution < -0.4 is 5.73 Å². The van der Waals surface area contributed by atoms with E-state index >= 15 is 0 Å². The largest absolute Gasteiger partial charge is 0.382 e. The Hall–Kier alpha value is -0.160. The maximum absolute atomic E-state index is 5.52. The highest BCUT2D eigenvalue weighted by atomic mass is 16.5. The Morgan fingerprint density at radius 3 is 2.36 bits per heavy atom. The van der Waals surface area contributed by atoms with Crippen LogP contribution in [0.3, 0.4) is 0 Å². The maximum Gasteiger partial charge on any atom is 0.0700 e. The third-order valence-corrected chi connectivity index (χ3v) is 2.10. The minimum Gasteiger partial charge on any atom is -0.382 e. The number of hydrogen-bond acceptors (Lipinski definition) is 4. The molecule has 0 amide bonds. The van der Waals surface area contributed by atoms with Crippen LogP contribution in [0.15, 0.2) is 0 Å². The summed E-state index contributed by atoms with van der Waals surface area (Å²) in [6.45, 7) is 9.01. The first-order valence-corrected chi connectivity index (χ1v) is 5.23. The van der Waals surface area contributed by atoms with E-state index in [1.807, 2.05) is 0 Å². The zero-order valence-corrected chi connectivity index (χ0v) is 9.66. The normalized spacial score (nSPS) is 11.6. The van der Waals surface area contributed by atoms with E-state index in [0.29, 0.717) is 25.8 Å². The Morgan fingerprint density at radius 1 is 1.14 bits per heavy atom. The van der Waals surface area contributed by atoms with Crippen LogP contribution in [0.2, 0.25) is 0 Å². The quantitative estimate of drug-likeness (QED) is 0.549. The number of ether oxygens (including phenoxy) is 2. The third kappa shape index (κ3) is 7.26. The second kappa shape index (κ2) is 9.40. The van der Waals surface area contributed by atoms with Gasteiger partial charge in [0.15, 0.2) is 0 Å². The van der Waals surface area contributed by atoms with E-state index in [2.05, 4.69) is 18.7 Å². The van der Waals surface area contributed by atoms with E-state index in [9.17, 15) is 0 Å². The number of hydrogen-bond donors (Lipinski definition) is 1. The number of methoxy groups -OCH3 is 1. The van der Waals surface area contributed by atoms with Gasteiger partial charge in [0.05, 0.1) is 19.8 Å². The lowest BCUT2D eigenvalue weighted by Crippen LogP contribution is -2.37. The van der Waals surface area contributed by atoms with Gasteiger partial charge in [-0.15, -0.1) is 0 Å². The van der Waals surface area contributed by atoms with Crippen LogP contribution in [0, 0.1) is 0 Å². The molecule has 0 radical (unpaired) electrons. The van der Waals surface area contributed by atoms with Gasteiger partial charge >= 0.3 is 0 Å². The molecule has 0 aliphatic carbocycles. The Kier molecular flexibility index (Phi) is 9.29. The standard InChI is InChI=1S/C10H24N2O2/c1-10(2)12(5-4-11)6-7-14-9-8-13-3/h10H,4-9,11H2,1-3H3. The van der Waals surface area contributed by atoms with Crippen molar-refractivity contribution in [2.75, 3.05) is 46.6 Å². The van der Waals surface area contributed by atoms with E-state index < -0.39 is 0 Å². The van der Waals surface area contributed by atoms with E-state index in [-0.39, 0.29) is 0 Å².